The molecule has 0 fully saturated rings. The van der Waals surface area contributed by atoms with Crippen LogP contribution in [0.25, 0.3) is 0 Å². The predicted octanol–water partition coefficient (Wildman–Crippen LogP) is 1.88. The molecule has 14 heavy (non-hydrogen) atoms. The molecule has 1 aromatic rings. The summed E-state index contributed by atoms with van der Waals surface area (Å²) in [4.78, 5) is 20.7. The number of phenolic OH excluding ortho intramolecular Hbond substituents is 1. The van der Waals surface area contributed by atoms with Crippen molar-refractivity contribution in [1.29, 1.82) is 0 Å². The van der Waals surface area contributed by atoms with Gasteiger partial charge in [-0.3, -0.25) is 14.9 Å². The van der Waals surface area contributed by atoms with E-state index in [0.29, 0.717) is 0 Å². The zero-order chi connectivity index (χ0) is 10.7. The summed E-state index contributed by atoms with van der Waals surface area (Å²) in [6.07, 6.45) is 0. The Balaban J connectivity index is 3.12. The van der Waals surface area contributed by atoms with Gasteiger partial charge in [0.05, 0.1) is 10.3 Å². The van der Waals surface area contributed by atoms with Gasteiger partial charge in [0.2, 0.25) is 0 Å². The van der Waals surface area contributed by atoms with E-state index >= 15 is 0 Å². The summed E-state index contributed by atoms with van der Waals surface area (Å²) in [7, 11) is 0. The molecular formula is C8H6BrNO4. The molecule has 0 unspecified atom stereocenters. The number of carbonyl (C=O) groups excluding carboxylic acids is 1. The average molecular weight is 260 g/mol. The van der Waals surface area contributed by atoms with E-state index in [1.807, 2.05) is 0 Å². The number of benzene rings is 1. The molecule has 6 heteroatoms. The summed E-state index contributed by atoms with van der Waals surface area (Å²) in [6, 6.07) is 3.49. The average Bonchev–Trinajstić information content (AvgIpc) is 2.15. The molecule has 74 valence electrons. The van der Waals surface area contributed by atoms with Crippen molar-refractivity contribution >= 4 is 27.4 Å². The highest BCUT2D eigenvalue weighted by Gasteiger charge is 2.15. The van der Waals surface area contributed by atoms with Crippen LogP contribution in [0.2, 0.25) is 0 Å². The van der Waals surface area contributed by atoms with Gasteiger partial charge in [-0.05, 0) is 12.1 Å². The number of phenols is 1. The molecule has 1 rings (SSSR count). The summed E-state index contributed by atoms with van der Waals surface area (Å²) < 4.78 is 0. The number of nitro benzene ring substituents is 1. The maximum Gasteiger partial charge on any atom is 0.310 e. The maximum absolute atomic E-state index is 11.1. The van der Waals surface area contributed by atoms with Crippen molar-refractivity contribution in [2.45, 2.75) is 0 Å². The maximum atomic E-state index is 11.1. The van der Waals surface area contributed by atoms with Crippen molar-refractivity contribution in [3.63, 3.8) is 0 Å². The molecule has 0 heterocycles. The third-order valence-electron chi connectivity index (χ3n) is 1.62. The topological polar surface area (TPSA) is 80.4 Å². The van der Waals surface area contributed by atoms with Gasteiger partial charge in [-0.25, -0.2) is 0 Å². The number of nitro groups is 1. The van der Waals surface area contributed by atoms with E-state index in [0.717, 1.165) is 12.1 Å². The SMILES string of the molecule is O=C(CBr)c1ccc([N+](=O)[O-])c(O)c1. The van der Waals surface area contributed by atoms with Gasteiger partial charge >= 0.3 is 5.69 Å². The third kappa shape index (κ3) is 2.08. The fraction of sp³-hybridized carbons (Fsp3) is 0.125. The molecule has 0 amide bonds. The highest BCUT2D eigenvalue weighted by atomic mass is 79.9. The van der Waals surface area contributed by atoms with Crippen LogP contribution in [0.15, 0.2) is 18.2 Å². The number of halogens is 1. The van der Waals surface area contributed by atoms with Crippen LogP contribution in [0.3, 0.4) is 0 Å². The van der Waals surface area contributed by atoms with E-state index in [4.69, 9.17) is 0 Å². The van der Waals surface area contributed by atoms with Crippen LogP contribution < -0.4 is 0 Å². The molecule has 0 saturated heterocycles. The first kappa shape index (κ1) is 10.6. The first-order valence-corrected chi connectivity index (χ1v) is 4.75. The minimum atomic E-state index is -0.711. The lowest BCUT2D eigenvalue weighted by molar-refractivity contribution is -0.385. The first-order chi connectivity index (χ1) is 6.56. The molecular weight excluding hydrogens is 254 g/mol. The zero-order valence-electron chi connectivity index (χ0n) is 6.94. The second-order valence-electron chi connectivity index (χ2n) is 2.52. The Morgan fingerprint density at radius 3 is 2.64 bits per heavy atom. The van der Waals surface area contributed by atoms with Gasteiger partial charge in [0.25, 0.3) is 0 Å². The number of hydrogen-bond donors (Lipinski definition) is 1. The van der Waals surface area contributed by atoms with Crippen LogP contribution >= 0.6 is 15.9 Å². The highest BCUT2D eigenvalue weighted by Crippen LogP contribution is 2.26. The molecule has 0 atom stereocenters. The Morgan fingerprint density at radius 1 is 1.57 bits per heavy atom. The molecule has 0 radical (unpaired) electrons. The smallest absolute Gasteiger partial charge is 0.310 e. The van der Waals surface area contributed by atoms with E-state index in [1.165, 1.54) is 6.07 Å². The van der Waals surface area contributed by atoms with Gasteiger partial charge in [-0.2, -0.15) is 0 Å². The Labute approximate surface area is 87.6 Å². The Morgan fingerprint density at radius 2 is 2.21 bits per heavy atom. The highest BCUT2D eigenvalue weighted by molar-refractivity contribution is 9.09. The number of carbonyl (C=O) groups is 1. The number of rotatable bonds is 3. The van der Waals surface area contributed by atoms with Crippen LogP contribution in [-0.2, 0) is 0 Å². The largest absolute Gasteiger partial charge is 0.502 e. The standard InChI is InChI=1S/C8H6BrNO4/c9-4-8(12)5-1-2-6(10(13)14)7(11)3-5/h1-3,11H,4H2. The van der Waals surface area contributed by atoms with Crippen LogP contribution in [0.4, 0.5) is 5.69 Å². The fourth-order valence-corrected chi connectivity index (χ4v) is 1.25. The third-order valence-corrected chi connectivity index (χ3v) is 2.12. The summed E-state index contributed by atoms with van der Waals surface area (Å²) in [5.41, 5.74) is -0.166. The second-order valence-corrected chi connectivity index (χ2v) is 3.08. The molecule has 0 aliphatic rings. The van der Waals surface area contributed by atoms with Crippen molar-refractivity contribution < 1.29 is 14.8 Å². The molecule has 0 spiro atoms. The Bertz CT molecular complexity index is 391. The lowest BCUT2D eigenvalue weighted by Gasteiger charge is -1.99. The van der Waals surface area contributed by atoms with E-state index in [9.17, 15) is 20.0 Å². The molecule has 0 aliphatic heterocycles. The molecule has 5 nitrogen and oxygen atoms in total. The Kier molecular flexibility index (Phi) is 3.19. The van der Waals surface area contributed by atoms with Crippen LogP contribution in [0, 0.1) is 10.1 Å². The Hall–Kier alpha value is -1.43. The monoisotopic (exact) mass is 259 g/mol. The zero-order valence-corrected chi connectivity index (χ0v) is 8.52. The van der Waals surface area contributed by atoms with Gasteiger partial charge in [-0.15, -0.1) is 0 Å². The van der Waals surface area contributed by atoms with Gasteiger partial charge in [0.1, 0.15) is 0 Å². The quantitative estimate of drug-likeness (QED) is 0.389. The van der Waals surface area contributed by atoms with E-state index in [2.05, 4.69) is 15.9 Å². The number of aromatic hydroxyl groups is 1. The van der Waals surface area contributed by atoms with Crippen molar-refractivity contribution in [2.24, 2.45) is 0 Å². The van der Waals surface area contributed by atoms with Crippen molar-refractivity contribution in [2.75, 3.05) is 5.33 Å². The number of ketones is 1. The molecule has 0 aliphatic carbocycles. The summed E-state index contributed by atoms with van der Waals surface area (Å²) >= 11 is 2.96. The van der Waals surface area contributed by atoms with Crippen molar-refractivity contribution in [3.8, 4) is 5.75 Å². The van der Waals surface area contributed by atoms with Gasteiger partial charge in [-0.1, -0.05) is 15.9 Å². The summed E-state index contributed by atoms with van der Waals surface area (Å²) in [5, 5.41) is 19.6. The van der Waals surface area contributed by atoms with Crippen LogP contribution in [0.5, 0.6) is 5.75 Å². The number of nitrogens with zero attached hydrogens (tertiary/aromatic N) is 1. The minimum Gasteiger partial charge on any atom is -0.502 e. The number of Topliss-reactive ketones (excluding diaryl/α,β-unsaturated/α-hetero) is 1. The molecule has 0 aromatic heterocycles. The molecule has 1 N–H and O–H groups in total. The first-order valence-electron chi connectivity index (χ1n) is 3.63. The normalized spacial score (nSPS) is 9.79. The van der Waals surface area contributed by atoms with E-state index in [-0.39, 0.29) is 16.7 Å². The lowest BCUT2D eigenvalue weighted by Crippen LogP contribution is -2.00. The van der Waals surface area contributed by atoms with Crippen LogP contribution in [0.1, 0.15) is 10.4 Å². The summed E-state index contributed by atoms with van der Waals surface area (Å²) in [6.45, 7) is 0. The number of alkyl halides is 1. The minimum absolute atomic E-state index is 0.115. The van der Waals surface area contributed by atoms with E-state index in [1.54, 1.807) is 0 Å². The molecule has 0 saturated carbocycles. The van der Waals surface area contributed by atoms with Crippen LogP contribution in [-0.4, -0.2) is 21.1 Å². The van der Waals surface area contributed by atoms with Gasteiger partial charge < -0.3 is 5.11 Å². The van der Waals surface area contributed by atoms with Crippen molar-refractivity contribution in [3.05, 3.63) is 33.9 Å². The van der Waals surface area contributed by atoms with Crippen molar-refractivity contribution in [1.82, 2.24) is 0 Å². The summed E-state index contributed by atoms with van der Waals surface area (Å²) in [5.74, 6) is -0.739. The molecule has 1 aromatic carbocycles. The van der Waals surface area contributed by atoms with E-state index < -0.39 is 16.4 Å². The molecule has 0 bridgehead atoms. The second kappa shape index (κ2) is 4.19. The number of hydrogen-bond acceptors (Lipinski definition) is 4. The van der Waals surface area contributed by atoms with Gasteiger partial charge in [0, 0.05) is 11.6 Å². The predicted molar refractivity (Wildman–Crippen MR) is 52.9 cm³/mol. The lowest BCUT2D eigenvalue weighted by atomic mass is 10.1. The van der Waals surface area contributed by atoms with Gasteiger partial charge in [0.15, 0.2) is 11.5 Å². The fourth-order valence-electron chi connectivity index (χ4n) is 0.928.